The monoisotopic (exact) mass is 499 g/mol. The van der Waals surface area contributed by atoms with Gasteiger partial charge >= 0.3 is 0 Å². The zero-order chi connectivity index (χ0) is 22.9. The minimum absolute atomic E-state index is 0.0809. The third-order valence-corrected chi connectivity index (χ3v) is 6.46. The minimum Gasteiger partial charge on any atom is -0.308 e. The van der Waals surface area contributed by atoms with E-state index >= 15 is 0 Å². The second-order valence-electron chi connectivity index (χ2n) is 7.95. The summed E-state index contributed by atoms with van der Waals surface area (Å²) >= 11 is 3.52. The van der Waals surface area contributed by atoms with Crippen LogP contribution in [0.25, 0.3) is 22.6 Å². The molecule has 6 heteroatoms. The van der Waals surface area contributed by atoms with E-state index in [1.807, 2.05) is 73.7 Å². The molecule has 5 nitrogen and oxygen atoms in total. The summed E-state index contributed by atoms with van der Waals surface area (Å²) in [7, 11) is 0. The van der Waals surface area contributed by atoms with Crippen molar-refractivity contribution >= 4 is 50.1 Å². The Kier molecular flexibility index (Phi) is 5.68. The van der Waals surface area contributed by atoms with Gasteiger partial charge in [0.1, 0.15) is 5.82 Å². The first-order valence-corrected chi connectivity index (χ1v) is 11.7. The summed E-state index contributed by atoms with van der Waals surface area (Å²) < 4.78 is 2.58. The first-order valence-electron chi connectivity index (χ1n) is 10.9. The smallest absolute Gasteiger partial charge is 0.261 e. The highest BCUT2D eigenvalue weighted by atomic mass is 79.9. The molecule has 0 bridgehead atoms. The lowest BCUT2D eigenvalue weighted by Crippen LogP contribution is -2.27. The highest BCUT2D eigenvalue weighted by Gasteiger charge is 2.31. The first kappa shape index (κ1) is 21.3. The van der Waals surface area contributed by atoms with Gasteiger partial charge in [-0.3, -0.25) is 14.2 Å². The summed E-state index contributed by atoms with van der Waals surface area (Å²) in [5.74, 6) is 0.407. The van der Waals surface area contributed by atoms with Crippen LogP contribution in [0.15, 0.2) is 82.1 Å². The standard InChI is InChI=1S/C27H22BrN3O2/c1-2-30-24-13-12-19(28)16-21(24)22(27(30)33)17-25-29-23-11-7-6-10-20(23)26(32)31(25)15-14-18-8-4-3-5-9-18/h3-13,16-17H,2,14-15H2,1H3/b22-17-. The third kappa shape index (κ3) is 3.91. The number of nitrogens with zero attached hydrogens (tertiary/aromatic N) is 3. The summed E-state index contributed by atoms with van der Waals surface area (Å²) in [5, 5.41) is 0.573. The maximum absolute atomic E-state index is 13.4. The Morgan fingerprint density at radius 3 is 2.52 bits per heavy atom. The number of carbonyl (C=O) groups is 1. The van der Waals surface area contributed by atoms with Crippen molar-refractivity contribution in [3.8, 4) is 0 Å². The Hall–Kier alpha value is -3.51. The van der Waals surface area contributed by atoms with Crippen molar-refractivity contribution in [2.24, 2.45) is 0 Å². The van der Waals surface area contributed by atoms with Gasteiger partial charge in [0, 0.05) is 23.1 Å². The highest BCUT2D eigenvalue weighted by molar-refractivity contribution is 9.10. The lowest BCUT2D eigenvalue weighted by atomic mass is 10.1. The van der Waals surface area contributed by atoms with Crippen LogP contribution < -0.4 is 10.5 Å². The summed E-state index contributed by atoms with van der Waals surface area (Å²) in [5.41, 5.74) is 3.92. The largest absolute Gasteiger partial charge is 0.308 e. The number of likely N-dealkylation sites (N-methyl/N-ethyl adjacent to an activating group) is 1. The zero-order valence-electron chi connectivity index (χ0n) is 18.2. The van der Waals surface area contributed by atoms with Crippen molar-refractivity contribution in [2.45, 2.75) is 19.9 Å². The predicted octanol–water partition coefficient (Wildman–Crippen LogP) is 5.31. The summed E-state index contributed by atoms with van der Waals surface area (Å²) in [6, 6.07) is 23.2. The molecule has 1 amide bonds. The number of amides is 1. The Morgan fingerprint density at radius 2 is 1.73 bits per heavy atom. The molecule has 1 aliphatic rings. The molecule has 0 spiro atoms. The summed E-state index contributed by atoms with van der Waals surface area (Å²) in [4.78, 5) is 33.3. The van der Waals surface area contributed by atoms with Gasteiger partial charge in [-0.25, -0.2) is 4.98 Å². The first-order chi connectivity index (χ1) is 16.1. The van der Waals surface area contributed by atoms with Crippen molar-refractivity contribution < 1.29 is 4.79 Å². The zero-order valence-corrected chi connectivity index (χ0v) is 19.7. The molecule has 0 N–H and O–H groups in total. The highest BCUT2D eigenvalue weighted by Crippen LogP contribution is 2.39. The lowest BCUT2D eigenvalue weighted by molar-refractivity contribution is -0.112. The maximum atomic E-state index is 13.4. The third-order valence-electron chi connectivity index (χ3n) is 5.96. The van der Waals surface area contributed by atoms with Crippen molar-refractivity contribution in [1.82, 2.24) is 9.55 Å². The molecular weight excluding hydrogens is 478 g/mol. The number of carbonyl (C=O) groups excluding carboxylic acids is 1. The average Bonchev–Trinajstić information content (AvgIpc) is 3.09. The van der Waals surface area contributed by atoms with E-state index in [-0.39, 0.29) is 11.5 Å². The van der Waals surface area contributed by atoms with Crippen LogP contribution in [-0.2, 0) is 17.8 Å². The molecule has 0 saturated carbocycles. The molecule has 0 atom stereocenters. The van der Waals surface area contributed by atoms with Gasteiger partial charge in [-0.2, -0.15) is 0 Å². The van der Waals surface area contributed by atoms with Gasteiger partial charge in [-0.1, -0.05) is 58.4 Å². The molecule has 1 aromatic heterocycles. The SMILES string of the molecule is CCN1C(=O)/C(=C\c2nc3ccccc3c(=O)n2CCc2ccccc2)c2cc(Br)ccc21. The molecule has 0 aliphatic carbocycles. The van der Waals surface area contributed by atoms with Gasteiger partial charge in [0.15, 0.2) is 0 Å². The van der Waals surface area contributed by atoms with Crippen molar-refractivity contribution in [3.05, 3.63) is 105 Å². The average molecular weight is 500 g/mol. The van der Waals surface area contributed by atoms with E-state index in [4.69, 9.17) is 4.98 Å². The van der Waals surface area contributed by atoms with Crippen LogP contribution >= 0.6 is 15.9 Å². The van der Waals surface area contributed by atoms with Crippen LogP contribution in [0.3, 0.4) is 0 Å². The van der Waals surface area contributed by atoms with E-state index in [9.17, 15) is 9.59 Å². The summed E-state index contributed by atoms with van der Waals surface area (Å²) in [6.45, 7) is 2.99. The van der Waals surface area contributed by atoms with Crippen molar-refractivity contribution in [3.63, 3.8) is 0 Å². The Balaban J connectivity index is 1.67. The number of benzene rings is 3. The van der Waals surface area contributed by atoms with Gasteiger partial charge in [0.05, 0.1) is 22.2 Å². The number of fused-ring (bicyclic) bond motifs is 2. The molecule has 2 heterocycles. The predicted molar refractivity (Wildman–Crippen MR) is 136 cm³/mol. The summed E-state index contributed by atoms with van der Waals surface area (Å²) in [6.07, 6.45) is 2.45. The van der Waals surface area contributed by atoms with E-state index in [0.29, 0.717) is 41.8 Å². The van der Waals surface area contributed by atoms with Crippen LogP contribution in [0.2, 0.25) is 0 Å². The topological polar surface area (TPSA) is 55.2 Å². The normalized spacial score (nSPS) is 14.3. The van der Waals surface area contributed by atoms with Crippen LogP contribution in [0.5, 0.6) is 0 Å². The van der Waals surface area contributed by atoms with Gasteiger partial charge in [-0.05, 0) is 55.3 Å². The van der Waals surface area contributed by atoms with Crippen LogP contribution in [-0.4, -0.2) is 22.0 Å². The molecular formula is C27H22BrN3O2. The Bertz CT molecular complexity index is 1460. The molecule has 5 rings (SSSR count). The number of aromatic nitrogens is 2. The van der Waals surface area contributed by atoms with Crippen molar-refractivity contribution in [1.29, 1.82) is 0 Å². The van der Waals surface area contributed by atoms with Gasteiger partial charge in [-0.15, -0.1) is 0 Å². The molecule has 0 saturated heterocycles. The molecule has 164 valence electrons. The number of anilines is 1. The Labute approximate surface area is 200 Å². The van der Waals surface area contributed by atoms with E-state index in [1.54, 1.807) is 21.6 Å². The van der Waals surface area contributed by atoms with E-state index in [2.05, 4.69) is 15.9 Å². The molecule has 1 aliphatic heterocycles. The lowest BCUT2D eigenvalue weighted by Gasteiger charge is -2.14. The van der Waals surface area contributed by atoms with Gasteiger partial charge < -0.3 is 4.90 Å². The van der Waals surface area contributed by atoms with Crippen molar-refractivity contribution in [2.75, 3.05) is 11.4 Å². The fraction of sp³-hybridized carbons (Fsp3) is 0.148. The number of rotatable bonds is 5. The van der Waals surface area contributed by atoms with E-state index in [1.165, 1.54) is 0 Å². The van der Waals surface area contributed by atoms with Crippen LogP contribution in [0.1, 0.15) is 23.9 Å². The molecule has 0 unspecified atom stereocenters. The Morgan fingerprint density at radius 1 is 0.970 bits per heavy atom. The molecule has 33 heavy (non-hydrogen) atoms. The minimum atomic E-state index is -0.101. The second kappa shape index (κ2) is 8.79. The molecule has 0 fully saturated rings. The number of halogens is 1. The maximum Gasteiger partial charge on any atom is 0.261 e. The van der Waals surface area contributed by atoms with E-state index in [0.717, 1.165) is 21.3 Å². The van der Waals surface area contributed by atoms with Crippen LogP contribution in [0, 0.1) is 0 Å². The number of para-hydroxylation sites is 1. The fourth-order valence-electron chi connectivity index (χ4n) is 4.31. The number of hydrogen-bond acceptors (Lipinski definition) is 3. The second-order valence-corrected chi connectivity index (χ2v) is 8.86. The van der Waals surface area contributed by atoms with E-state index < -0.39 is 0 Å². The molecule has 3 aromatic carbocycles. The fourth-order valence-corrected chi connectivity index (χ4v) is 4.67. The molecule has 0 radical (unpaired) electrons. The number of hydrogen-bond donors (Lipinski definition) is 0. The number of aryl methyl sites for hydroxylation is 1. The van der Waals surface area contributed by atoms with Crippen LogP contribution in [0.4, 0.5) is 5.69 Å². The van der Waals surface area contributed by atoms with Gasteiger partial charge in [0.25, 0.3) is 11.5 Å². The quantitative estimate of drug-likeness (QED) is 0.349. The van der Waals surface area contributed by atoms with Gasteiger partial charge in [0.2, 0.25) is 0 Å². The molecule has 4 aromatic rings.